The highest BCUT2D eigenvalue weighted by Gasteiger charge is 2.68. The highest BCUT2D eigenvalue weighted by molar-refractivity contribution is 7.47. The van der Waals surface area contributed by atoms with Crippen molar-refractivity contribution in [2.75, 3.05) is 23.5 Å². The van der Waals surface area contributed by atoms with Crippen molar-refractivity contribution in [2.24, 2.45) is 84.7 Å². The van der Waals surface area contributed by atoms with Crippen molar-refractivity contribution in [3.8, 4) is 0 Å². The van der Waals surface area contributed by atoms with Gasteiger partial charge in [-0.1, -0.05) is 34.6 Å². The average Bonchev–Trinajstić information content (AvgIpc) is 1.53. The summed E-state index contributed by atoms with van der Waals surface area (Å²) >= 11 is 0. The molecule has 8 bridgehead atoms. The van der Waals surface area contributed by atoms with Gasteiger partial charge in [-0.15, -0.1) is 0 Å². The number of carbonyl (C=O) groups is 7. The third-order valence-corrected chi connectivity index (χ3v) is 22.8. The summed E-state index contributed by atoms with van der Waals surface area (Å²) in [6.07, 6.45) is -3.80. The molecule has 8 rings (SSSR count). The average molecular weight is 1280 g/mol. The van der Waals surface area contributed by atoms with Crippen molar-refractivity contribution in [2.45, 2.75) is 207 Å². The highest BCUT2D eigenvalue weighted by Crippen LogP contribution is 2.62. The van der Waals surface area contributed by atoms with Gasteiger partial charge in [-0.25, -0.2) is 9.56 Å². The molecule has 27 nitrogen and oxygen atoms in total. The van der Waals surface area contributed by atoms with Gasteiger partial charge in [0.25, 0.3) is 0 Å². The Bertz CT molecular complexity index is 3230. The summed E-state index contributed by atoms with van der Waals surface area (Å²) in [4.78, 5) is 111. The third kappa shape index (κ3) is 13.2. The zero-order valence-corrected chi connectivity index (χ0v) is 54.5. The molecule has 5 saturated heterocycles. The number of phosphoric acid groups is 1. The van der Waals surface area contributed by atoms with Crippen molar-refractivity contribution in [3.63, 3.8) is 0 Å². The van der Waals surface area contributed by atoms with Gasteiger partial charge in [0.1, 0.15) is 24.4 Å². The number of ether oxygens (including phenoxy) is 1. The van der Waals surface area contributed by atoms with Crippen LogP contribution in [0.5, 0.6) is 0 Å². The van der Waals surface area contributed by atoms with E-state index in [-0.39, 0.29) is 76.8 Å². The molecular formula is C62H96N13O14P. The molecule has 5 fully saturated rings. The molecule has 498 valence electrons. The van der Waals surface area contributed by atoms with Gasteiger partial charge in [-0.2, -0.15) is 0 Å². The predicted octanol–water partition coefficient (Wildman–Crippen LogP) is 1.86. The maximum atomic E-state index is 14.3. The number of hydrogen-bond donors (Lipinski definition) is 14. The Kier molecular flexibility index (Phi) is 20.0. The largest absolute Gasteiger partial charge is 0.473 e. The Balaban J connectivity index is 1.19. The third-order valence-electron chi connectivity index (χ3n) is 21.7. The number of carbonyl (C=O) groups excluding carboxylic acids is 7. The molecule has 0 saturated carbocycles. The fourth-order valence-electron chi connectivity index (χ4n) is 16.7. The fourth-order valence-corrected chi connectivity index (χ4v) is 17.8. The van der Waals surface area contributed by atoms with Crippen LogP contribution in [0, 0.1) is 59.2 Å². The van der Waals surface area contributed by atoms with Crippen LogP contribution in [0.2, 0.25) is 0 Å². The first-order valence-electron chi connectivity index (χ1n) is 31.1. The van der Waals surface area contributed by atoms with E-state index in [1.54, 1.807) is 4.90 Å². The lowest BCUT2D eigenvalue weighted by Gasteiger charge is -2.49. The first-order chi connectivity index (χ1) is 41.8. The van der Waals surface area contributed by atoms with Crippen LogP contribution in [0.4, 0.5) is 11.4 Å². The van der Waals surface area contributed by atoms with Crippen LogP contribution < -0.4 is 65.9 Å². The second-order valence-corrected chi connectivity index (χ2v) is 29.2. The predicted molar refractivity (Wildman–Crippen MR) is 335 cm³/mol. The summed E-state index contributed by atoms with van der Waals surface area (Å²) in [6.45, 7) is 20.5. The number of phosphoric ester groups is 1. The van der Waals surface area contributed by atoms with Gasteiger partial charge in [0.05, 0.1) is 30.7 Å². The minimum Gasteiger partial charge on any atom is -0.394 e. The fraction of sp³-hybridized carbons (Fsp3) is 0.677. The molecule has 0 spiro atoms. The standard InChI is InChI=1S/C62H96N13O14P/c1-29-20-39-40(21-30(29)2)75(28-70-39)57-52(84)53(41(27-76)87-57)89-90(85,86)88-31(3)26-69-49(83)18-19-59(8)37(22-46(66)80)56-62(11)61(10,25-48(68)82)36(14-17-45(65)79)51(74-62)33(5)55-60(9,24-47(67)81)34(12-15-43(63)77)38(71-55)23-42-58(6,7)35(13-16-44(64)78)50(72-42)32(4)54(59)73-56/h20-21,23,26,31,34-38,41,50-53,56-57,70-74,76,84H,12-19,22,24-25,27-28H2,1-11H3,(H2,63,77)(H2,64,78)(H2,65,79)(H2,66,80)(H2,67,81)(H2,68,82)(H,85,86)/b42-23-,54-32-,55-33-,69-26?. The van der Waals surface area contributed by atoms with Crippen molar-refractivity contribution in [1.29, 1.82) is 0 Å². The van der Waals surface area contributed by atoms with Crippen molar-refractivity contribution in [1.82, 2.24) is 21.3 Å². The Labute approximate surface area is 526 Å². The number of nitrogens with one attached hydrogen (secondary N) is 5. The summed E-state index contributed by atoms with van der Waals surface area (Å²) in [7, 11) is -5.09. The molecule has 0 radical (unpaired) electrons. The summed E-state index contributed by atoms with van der Waals surface area (Å²) in [5.74, 6) is -6.44. The van der Waals surface area contributed by atoms with E-state index in [2.05, 4.69) is 51.5 Å². The van der Waals surface area contributed by atoms with Crippen LogP contribution in [0.15, 0.2) is 51.4 Å². The Hall–Kier alpha value is -6.45. The summed E-state index contributed by atoms with van der Waals surface area (Å²) in [6, 6.07) is 1.27. The quantitative estimate of drug-likeness (QED) is 0.0491. The molecule has 28 heteroatoms. The van der Waals surface area contributed by atoms with Crippen LogP contribution in [0.3, 0.4) is 0 Å². The Morgan fingerprint density at radius 2 is 1.33 bits per heavy atom. The molecule has 7 amide bonds. The molecule has 7 aliphatic heterocycles. The molecule has 90 heavy (non-hydrogen) atoms. The van der Waals surface area contributed by atoms with Crippen molar-refractivity contribution in [3.05, 3.63) is 57.6 Å². The number of amides is 7. The molecule has 0 aromatic heterocycles. The molecule has 18 unspecified atom stereocenters. The Morgan fingerprint density at radius 1 is 0.756 bits per heavy atom. The minimum absolute atomic E-state index is 0.0196. The van der Waals surface area contributed by atoms with Gasteiger partial charge in [0, 0.05) is 119 Å². The van der Waals surface area contributed by atoms with Gasteiger partial charge in [-0.05, 0) is 125 Å². The first-order valence-corrected chi connectivity index (χ1v) is 32.6. The second-order valence-electron chi connectivity index (χ2n) is 27.8. The highest BCUT2D eigenvalue weighted by atomic mass is 31.2. The van der Waals surface area contributed by atoms with E-state index in [9.17, 15) is 53.2 Å². The first kappa shape index (κ1) is 69.4. The SMILES string of the molecule is C/C1=C2/NC(C(CC(N)=O)C2(C)CCC(=O)N=CC(C)OP(=O)(O)OC2C(CO)OC(N3CNc4cc(C)c(C)cc43)C2O)C2(C)NC(/C(C)=C3\NC(/C=C4\NC1C(CCC(N)=O)C4(C)C)C(CCC(N)=O)C3(C)CC(N)=O)C(CCC(N)=O)C2(C)CC(N)=O. The lowest BCUT2D eigenvalue weighted by atomic mass is 9.56. The van der Waals surface area contributed by atoms with Crippen LogP contribution in [-0.4, -0.2) is 136 Å². The summed E-state index contributed by atoms with van der Waals surface area (Å²) in [5, 5.41) is 40.6. The molecule has 7 aliphatic rings. The number of allylic oxidation sites excluding steroid dienone is 3. The molecule has 1 aromatic carbocycles. The number of nitrogens with two attached hydrogens (primary N) is 6. The second kappa shape index (κ2) is 25.9. The Morgan fingerprint density at radius 3 is 1.92 bits per heavy atom. The van der Waals surface area contributed by atoms with Crippen LogP contribution in [0.1, 0.15) is 144 Å². The number of fused-ring (bicyclic) bond motifs is 10. The number of benzene rings is 1. The van der Waals surface area contributed by atoms with Gasteiger partial charge in [-0.3, -0.25) is 42.6 Å². The van der Waals surface area contributed by atoms with Crippen molar-refractivity contribution < 1.29 is 67.0 Å². The van der Waals surface area contributed by atoms with E-state index >= 15 is 0 Å². The van der Waals surface area contributed by atoms with Gasteiger partial charge < -0.3 is 85.7 Å². The van der Waals surface area contributed by atoms with Crippen LogP contribution in [-0.2, 0) is 51.9 Å². The zero-order chi connectivity index (χ0) is 66.7. The number of primary amides is 6. The van der Waals surface area contributed by atoms with Gasteiger partial charge in [0.2, 0.25) is 41.4 Å². The number of aliphatic hydroxyl groups is 2. The number of nitrogens with zero attached hydrogens (tertiary/aromatic N) is 2. The molecule has 1 aromatic rings. The monoisotopic (exact) mass is 1280 g/mol. The summed E-state index contributed by atoms with van der Waals surface area (Å²) < 4.78 is 30.7. The van der Waals surface area contributed by atoms with E-state index in [1.165, 1.54) is 6.92 Å². The maximum absolute atomic E-state index is 14.3. The molecule has 0 aliphatic carbocycles. The number of aliphatic imine (C=N–C) groups is 1. The molecule has 18 atom stereocenters. The number of anilines is 2. The number of aryl methyl sites for hydroxylation is 2. The maximum Gasteiger partial charge on any atom is 0.473 e. The van der Waals surface area contributed by atoms with E-state index < -0.39 is 156 Å². The molecule has 20 N–H and O–H groups in total. The van der Waals surface area contributed by atoms with Crippen LogP contribution >= 0.6 is 7.82 Å². The normalized spacial score (nSPS) is 37.3. The van der Waals surface area contributed by atoms with Gasteiger partial charge in [0.15, 0.2) is 6.23 Å². The lowest BCUT2D eigenvalue weighted by Crippen LogP contribution is -2.64. The van der Waals surface area contributed by atoms with E-state index in [0.29, 0.717) is 23.4 Å². The van der Waals surface area contributed by atoms with E-state index in [1.807, 2.05) is 67.5 Å². The van der Waals surface area contributed by atoms with Crippen molar-refractivity contribution >= 4 is 66.8 Å². The number of hydrogen-bond acceptors (Lipinski definition) is 19. The van der Waals surface area contributed by atoms with Gasteiger partial charge >= 0.3 is 7.82 Å². The smallest absolute Gasteiger partial charge is 0.394 e. The summed E-state index contributed by atoms with van der Waals surface area (Å²) in [5.41, 5.74) is 38.1. The minimum atomic E-state index is -5.09. The molecule has 7 heterocycles. The molecular weight excluding hydrogens is 1180 g/mol. The number of aliphatic hydroxyl groups excluding tert-OH is 2. The van der Waals surface area contributed by atoms with Crippen LogP contribution in [0.25, 0.3) is 0 Å². The number of rotatable bonds is 25. The zero-order valence-electron chi connectivity index (χ0n) is 53.6. The lowest BCUT2D eigenvalue weighted by molar-refractivity contribution is -0.124. The topological polar surface area (TPSA) is 457 Å². The van der Waals surface area contributed by atoms with E-state index in [0.717, 1.165) is 40.0 Å². The van der Waals surface area contributed by atoms with E-state index in [4.69, 9.17) is 48.2 Å².